The predicted molar refractivity (Wildman–Crippen MR) is 97.9 cm³/mol. The molecule has 0 aliphatic heterocycles. The molecule has 0 unspecified atom stereocenters. The Bertz CT molecular complexity index is 784. The molecule has 138 valence electrons. The smallest absolute Gasteiger partial charge is 0.233 e. The minimum atomic E-state index is -0.500. The topological polar surface area (TPSA) is 38.8 Å². The van der Waals surface area contributed by atoms with E-state index in [0.717, 1.165) is 24.0 Å². The number of hydrogen-bond acceptors (Lipinski definition) is 3. The molecule has 3 rings (SSSR count). The molecule has 1 amide bonds. The first-order valence-electron chi connectivity index (χ1n) is 8.80. The zero-order valence-electron chi connectivity index (χ0n) is 15.4. The van der Waals surface area contributed by atoms with Gasteiger partial charge in [-0.1, -0.05) is 18.2 Å². The fourth-order valence-electron chi connectivity index (χ4n) is 3.35. The summed E-state index contributed by atoms with van der Waals surface area (Å²) < 4.78 is 23.8. The highest BCUT2D eigenvalue weighted by atomic mass is 19.1. The Hall–Kier alpha value is -2.56. The minimum absolute atomic E-state index is 0.0985. The lowest BCUT2D eigenvalue weighted by atomic mass is 9.94. The van der Waals surface area contributed by atoms with Gasteiger partial charge in [0, 0.05) is 13.1 Å². The fourth-order valence-corrected chi connectivity index (χ4v) is 3.35. The van der Waals surface area contributed by atoms with E-state index in [9.17, 15) is 9.18 Å². The molecule has 0 atom stereocenters. The van der Waals surface area contributed by atoms with Gasteiger partial charge in [-0.3, -0.25) is 4.79 Å². The van der Waals surface area contributed by atoms with E-state index < -0.39 is 5.41 Å². The number of ether oxygens (including phenoxy) is 2. The summed E-state index contributed by atoms with van der Waals surface area (Å²) in [5.74, 6) is 1.12. The molecule has 2 aromatic carbocycles. The summed E-state index contributed by atoms with van der Waals surface area (Å²) in [7, 11) is 3.19. The van der Waals surface area contributed by atoms with Gasteiger partial charge in [0.05, 0.1) is 19.6 Å². The number of nitrogens with zero attached hydrogens (tertiary/aromatic N) is 1. The van der Waals surface area contributed by atoms with E-state index in [1.54, 1.807) is 26.4 Å². The summed E-state index contributed by atoms with van der Waals surface area (Å²) in [5, 5.41) is 0. The van der Waals surface area contributed by atoms with Crippen LogP contribution in [0.15, 0.2) is 42.5 Å². The third-order valence-electron chi connectivity index (χ3n) is 5.05. The van der Waals surface area contributed by atoms with E-state index in [1.165, 1.54) is 12.1 Å². The maximum atomic E-state index is 13.2. The SMILES string of the molecule is CCN(Cc1ccc(OC)c(OC)c1)C(=O)C1(c2ccc(F)cc2)CC1. The Morgan fingerprint density at radius 3 is 2.27 bits per heavy atom. The van der Waals surface area contributed by atoms with Crippen molar-refractivity contribution in [2.24, 2.45) is 0 Å². The van der Waals surface area contributed by atoms with Crippen LogP contribution in [0.1, 0.15) is 30.9 Å². The number of methoxy groups -OCH3 is 2. The lowest BCUT2D eigenvalue weighted by molar-refractivity contribution is -0.134. The number of halogens is 1. The summed E-state index contributed by atoms with van der Waals surface area (Å²) >= 11 is 0. The average molecular weight is 357 g/mol. The van der Waals surface area contributed by atoms with E-state index >= 15 is 0 Å². The molecular formula is C21H24FNO3. The Morgan fingerprint density at radius 1 is 1.08 bits per heavy atom. The summed E-state index contributed by atoms with van der Waals surface area (Å²) in [6.45, 7) is 3.08. The third-order valence-corrected chi connectivity index (χ3v) is 5.05. The van der Waals surface area contributed by atoms with E-state index in [2.05, 4.69) is 0 Å². The molecule has 1 fully saturated rings. The van der Waals surface area contributed by atoms with Gasteiger partial charge >= 0.3 is 0 Å². The number of likely N-dealkylation sites (N-methyl/N-ethyl adjacent to an activating group) is 1. The van der Waals surface area contributed by atoms with E-state index in [1.807, 2.05) is 30.0 Å². The van der Waals surface area contributed by atoms with Crippen molar-refractivity contribution in [3.63, 3.8) is 0 Å². The van der Waals surface area contributed by atoms with Gasteiger partial charge in [-0.2, -0.15) is 0 Å². The molecule has 0 saturated heterocycles. The van der Waals surface area contributed by atoms with Crippen LogP contribution in [0.25, 0.3) is 0 Å². The number of carbonyl (C=O) groups is 1. The highest BCUT2D eigenvalue weighted by Crippen LogP contribution is 2.49. The van der Waals surface area contributed by atoms with Crippen LogP contribution in [0.4, 0.5) is 4.39 Å². The molecule has 5 heteroatoms. The van der Waals surface area contributed by atoms with Crippen LogP contribution in [-0.4, -0.2) is 31.6 Å². The predicted octanol–water partition coefficient (Wildman–Crippen LogP) is 3.92. The van der Waals surface area contributed by atoms with E-state index in [4.69, 9.17) is 9.47 Å². The van der Waals surface area contributed by atoms with Crippen molar-refractivity contribution in [2.75, 3.05) is 20.8 Å². The van der Waals surface area contributed by atoms with Gasteiger partial charge in [0.25, 0.3) is 0 Å². The molecule has 1 saturated carbocycles. The Labute approximate surface area is 153 Å². The lowest BCUT2D eigenvalue weighted by Gasteiger charge is -2.27. The lowest BCUT2D eigenvalue weighted by Crippen LogP contribution is -2.38. The number of rotatable bonds is 7. The third kappa shape index (κ3) is 3.39. The van der Waals surface area contributed by atoms with Crippen LogP contribution in [0.2, 0.25) is 0 Å². The second-order valence-corrected chi connectivity index (χ2v) is 6.60. The molecule has 4 nitrogen and oxygen atoms in total. The van der Waals surface area contributed by atoms with Gasteiger partial charge in [0.15, 0.2) is 11.5 Å². The van der Waals surface area contributed by atoms with Crippen molar-refractivity contribution in [1.82, 2.24) is 4.90 Å². The molecule has 0 heterocycles. The van der Waals surface area contributed by atoms with Gasteiger partial charge in [0.2, 0.25) is 5.91 Å². The largest absolute Gasteiger partial charge is 0.493 e. The van der Waals surface area contributed by atoms with E-state index in [-0.39, 0.29) is 11.7 Å². The molecule has 26 heavy (non-hydrogen) atoms. The molecule has 0 N–H and O–H groups in total. The molecule has 2 aromatic rings. The van der Waals surface area contributed by atoms with Crippen LogP contribution in [0, 0.1) is 5.82 Å². The van der Waals surface area contributed by atoms with Gasteiger partial charge in [0.1, 0.15) is 5.82 Å². The van der Waals surface area contributed by atoms with Gasteiger partial charge in [-0.05, 0) is 55.2 Å². The number of amides is 1. The van der Waals surface area contributed by atoms with Crippen molar-refractivity contribution in [1.29, 1.82) is 0 Å². The quantitative estimate of drug-likeness (QED) is 0.754. The van der Waals surface area contributed by atoms with Crippen LogP contribution in [0.5, 0.6) is 11.5 Å². The first-order chi connectivity index (χ1) is 12.5. The van der Waals surface area contributed by atoms with Crippen LogP contribution in [-0.2, 0) is 16.8 Å². The van der Waals surface area contributed by atoms with Gasteiger partial charge < -0.3 is 14.4 Å². The van der Waals surface area contributed by atoms with Crippen molar-refractivity contribution < 1.29 is 18.7 Å². The molecule has 0 radical (unpaired) electrons. The Kier molecular flexibility index (Phi) is 5.16. The molecule has 0 aromatic heterocycles. The van der Waals surface area contributed by atoms with E-state index in [0.29, 0.717) is 24.6 Å². The zero-order chi connectivity index (χ0) is 18.7. The number of carbonyl (C=O) groups excluding carboxylic acids is 1. The van der Waals surface area contributed by atoms with Crippen molar-refractivity contribution in [3.8, 4) is 11.5 Å². The Morgan fingerprint density at radius 2 is 1.73 bits per heavy atom. The average Bonchev–Trinajstić information content (AvgIpc) is 3.47. The minimum Gasteiger partial charge on any atom is -0.493 e. The van der Waals surface area contributed by atoms with Crippen molar-refractivity contribution in [3.05, 3.63) is 59.4 Å². The summed E-state index contributed by atoms with van der Waals surface area (Å²) in [5.41, 5.74) is 1.38. The van der Waals surface area contributed by atoms with Crippen LogP contribution >= 0.6 is 0 Å². The highest BCUT2D eigenvalue weighted by Gasteiger charge is 2.52. The van der Waals surface area contributed by atoms with Crippen LogP contribution in [0.3, 0.4) is 0 Å². The zero-order valence-corrected chi connectivity index (χ0v) is 15.4. The fraction of sp³-hybridized carbons (Fsp3) is 0.381. The molecule has 0 bridgehead atoms. The highest BCUT2D eigenvalue weighted by molar-refractivity contribution is 5.91. The monoisotopic (exact) mass is 357 g/mol. The number of benzene rings is 2. The standard InChI is InChI=1S/C21H24FNO3/c1-4-23(14-15-5-10-18(25-2)19(13-15)26-3)20(24)21(11-12-21)16-6-8-17(22)9-7-16/h5-10,13H,4,11-12,14H2,1-3H3. The number of hydrogen-bond donors (Lipinski definition) is 0. The molecule has 1 aliphatic rings. The first kappa shape index (κ1) is 18.2. The van der Waals surface area contributed by atoms with Gasteiger partial charge in [-0.15, -0.1) is 0 Å². The van der Waals surface area contributed by atoms with Crippen molar-refractivity contribution in [2.45, 2.75) is 31.7 Å². The Balaban J connectivity index is 1.80. The first-order valence-corrected chi connectivity index (χ1v) is 8.80. The summed E-state index contributed by atoms with van der Waals surface area (Å²) in [4.78, 5) is 15.0. The van der Waals surface area contributed by atoms with Gasteiger partial charge in [-0.25, -0.2) is 4.39 Å². The summed E-state index contributed by atoms with van der Waals surface area (Å²) in [6, 6.07) is 12.0. The maximum Gasteiger partial charge on any atom is 0.233 e. The molecular weight excluding hydrogens is 333 g/mol. The normalized spacial score (nSPS) is 14.6. The molecule has 0 spiro atoms. The summed E-state index contributed by atoms with van der Waals surface area (Å²) in [6.07, 6.45) is 1.61. The maximum absolute atomic E-state index is 13.2. The second-order valence-electron chi connectivity index (χ2n) is 6.60. The second kappa shape index (κ2) is 7.36. The molecule has 1 aliphatic carbocycles. The van der Waals surface area contributed by atoms with Crippen molar-refractivity contribution >= 4 is 5.91 Å². The van der Waals surface area contributed by atoms with Crippen LogP contribution < -0.4 is 9.47 Å².